The smallest absolute Gasteiger partial charge is 0.656 e. The Morgan fingerprint density at radius 2 is 1.39 bits per heavy atom. The van der Waals surface area contributed by atoms with Gasteiger partial charge in [0.05, 0.1) is 16.7 Å². The van der Waals surface area contributed by atoms with Gasteiger partial charge in [0, 0.05) is 23.0 Å². The molecule has 1 aliphatic rings. The second-order valence-electron chi connectivity index (χ2n) is 12.4. The summed E-state index contributed by atoms with van der Waals surface area (Å²) in [5, 5.41) is 2.15. The van der Waals surface area contributed by atoms with Gasteiger partial charge in [0.1, 0.15) is 11.6 Å². The summed E-state index contributed by atoms with van der Waals surface area (Å²) in [6, 6.07) is 49.2. The van der Waals surface area contributed by atoms with Gasteiger partial charge >= 0.3 is 21.1 Å². The van der Waals surface area contributed by atoms with Crippen LogP contribution in [0.5, 0.6) is 0 Å². The average Bonchev–Trinajstić information content (AvgIpc) is 3.75. The van der Waals surface area contributed by atoms with E-state index in [1.165, 1.54) is 12.1 Å². The Morgan fingerprint density at radius 3 is 2.25 bits per heavy atom. The number of fused-ring (bicyclic) bond motifs is 6. The largest absolute Gasteiger partial charge is 2.00 e. The molecule has 9 aromatic rings. The summed E-state index contributed by atoms with van der Waals surface area (Å²) in [5.74, 6) is -1.96. The van der Waals surface area contributed by atoms with Crippen LogP contribution in [0.25, 0.3) is 61.0 Å². The minimum Gasteiger partial charge on any atom is -0.656 e. The average molecular weight is 845 g/mol. The predicted octanol–water partition coefficient (Wildman–Crippen LogP) is 10.7. The molecule has 8 heteroatoms. The second-order valence-corrected chi connectivity index (χ2v) is 12.4. The Kier molecular flexibility index (Phi) is 7.23. The van der Waals surface area contributed by atoms with Crippen molar-refractivity contribution in [1.29, 1.82) is 0 Å². The molecule has 0 aliphatic carbocycles. The van der Waals surface area contributed by atoms with Crippen molar-refractivity contribution >= 4 is 50.0 Å². The van der Waals surface area contributed by atoms with E-state index in [-0.39, 0.29) is 37.9 Å². The van der Waals surface area contributed by atoms with Crippen molar-refractivity contribution in [2.24, 2.45) is 0 Å². The Morgan fingerprint density at radius 1 is 0.647 bits per heavy atom. The molecule has 4 heterocycles. The van der Waals surface area contributed by atoms with Gasteiger partial charge in [0.15, 0.2) is 0 Å². The van der Waals surface area contributed by atoms with Crippen LogP contribution in [-0.4, -0.2) is 14.5 Å². The molecule has 0 amide bonds. The zero-order valence-electron chi connectivity index (χ0n) is 26.7. The van der Waals surface area contributed by atoms with Crippen LogP contribution < -0.4 is 9.88 Å². The van der Waals surface area contributed by atoms with Gasteiger partial charge in [0.25, 0.3) is 5.92 Å². The first-order valence-electron chi connectivity index (χ1n) is 16.3. The van der Waals surface area contributed by atoms with Crippen molar-refractivity contribution in [3.05, 3.63) is 169 Å². The molecule has 0 saturated carbocycles. The van der Waals surface area contributed by atoms with Gasteiger partial charge in [-0.3, -0.25) is 4.57 Å². The molecule has 10 rings (SSSR count). The van der Waals surface area contributed by atoms with E-state index >= 15 is 8.78 Å². The number of imidazole rings is 1. The van der Waals surface area contributed by atoms with Crippen molar-refractivity contribution in [2.45, 2.75) is 5.92 Å². The Labute approximate surface area is 306 Å². The predicted molar refractivity (Wildman–Crippen MR) is 195 cm³/mol. The van der Waals surface area contributed by atoms with Gasteiger partial charge in [-0.15, -0.1) is 34.8 Å². The number of halogens is 2. The van der Waals surface area contributed by atoms with Crippen LogP contribution in [0.15, 0.2) is 152 Å². The molecule has 51 heavy (non-hydrogen) atoms. The fourth-order valence-electron chi connectivity index (χ4n) is 7.31. The summed E-state index contributed by atoms with van der Waals surface area (Å²) >= 11 is 0. The standard InChI is InChI=1S/C43H25F2N5.Pt/c44-43(45)33-18-5-7-20-36(33)50(39-22-8-9-25-46-39)38-26-27(23-24-34(38)43)29-15-11-21-37-41(29)48-42(49(37)28-12-2-1-3-13-28)32-17-10-16-31-30-14-4-6-19-35(30)47-40(31)32;/h1-25H;/q-2;+2. The topological polar surface area (TPSA) is 48.1 Å². The normalized spacial score (nSPS) is 13.3. The number of aromatic nitrogens is 4. The maximum absolute atomic E-state index is 16.2. The number of hydrogen-bond donors (Lipinski definition) is 0. The van der Waals surface area contributed by atoms with Crippen molar-refractivity contribution in [2.75, 3.05) is 4.90 Å². The molecule has 0 radical (unpaired) electrons. The molecular formula is C43H25F2N5Pt. The molecular weight excluding hydrogens is 820 g/mol. The van der Waals surface area contributed by atoms with E-state index in [9.17, 15) is 0 Å². The molecule has 0 fully saturated rings. The molecule has 0 unspecified atom stereocenters. The number of anilines is 3. The summed E-state index contributed by atoms with van der Waals surface area (Å²) < 4.78 is 34.6. The molecule has 246 valence electrons. The maximum Gasteiger partial charge on any atom is 2.00 e. The van der Waals surface area contributed by atoms with Crippen LogP contribution in [0.1, 0.15) is 11.1 Å². The third kappa shape index (κ3) is 4.69. The first-order chi connectivity index (χ1) is 24.6. The Bertz CT molecular complexity index is 2760. The van der Waals surface area contributed by atoms with Gasteiger partial charge < -0.3 is 9.88 Å². The summed E-state index contributed by atoms with van der Waals surface area (Å²) in [6.45, 7) is 0. The van der Waals surface area contributed by atoms with E-state index in [0.29, 0.717) is 17.1 Å². The first-order valence-corrected chi connectivity index (χ1v) is 16.3. The SMILES string of the molecule is FC1(F)c2ccc(-c3cccc4c3nc(-c3cccc5c3[n-]c3ccccc35)n4-c3ccccc3)[c-]c2N(c2ccccn2)c2ccccc21.[Pt+2]. The molecule has 5 nitrogen and oxygen atoms in total. The quantitative estimate of drug-likeness (QED) is 0.166. The monoisotopic (exact) mass is 844 g/mol. The van der Waals surface area contributed by atoms with Crippen LogP contribution in [-0.2, 0) is 27.0 Å². The number of para-hydroxylation sites is 5. The summed E-state index contributed by atoms with van der Waals surface area (Å²) in [4.78, 5) is 16.7. The van der Waals surface area contributed by atoms with E-state index in [4.69, 9.17) is 9.97 Å². The minimum absolute atomic E-state index is 0. The maximum atomic E-state index is 16.2. The third-order valence-corrected chi connectivity index (χ3v) is 9.54. The summed E-state index contributed by atoms with van der Waals surface area (Å²) in [5.41, 5.74) is 7.08. The number of alkyl halides is 2. The van der Waals surface area contributed by atoms with Crippen LogP contribution in [0.4, 0.5) is 26.0 Å². The number of hydrogen-bond acceptors (Lipinski definition) is 3. The van der Waals surface area contributed by atoms with E-state index in [0.717, 1.165) is 55.5 Å². The first kappa shape index (κ1) is 31.1. The van der Waals surface area contributed by atoms with Crippen LogP contribution in [0, 0.1) is 6.07 Å². The van der Waals surface area contributed by atoms with Crippen molar-refractivity contribution in [3.63, 3.8) is 0 Å². The van der Waals surface area contributed by atoms with Gasteiger partial charge in [-0.2, -0.15) is 0 Å². The van der Waals surface area contributed by atoms with Gasteiger partial charge in [-0.1, -0.05) is 103 Å². The minimum atomic E-state index is -3.23. The van der Waals surface area contributed by atoms with Crippen LogP contribution in [0.3, 0.4) is 0 Å². The summed E-state index contributed by atoms with van der Waals surface area (Å²) in [7, 11) is 0. The molecule has 1 aliphatic heterocycles. The van der Waals surface area contributed by atoms with Crippen molar-refractivity contribution in [1.82, 2.24) is 19.5 Å². The Balaban J connectivity index is 0.00000348. The van der Waals surface area contributed by atoms with E-state index in [1.807, 2.05) is 78.9 Å². The molecule has 0 bridgehead atoms. The van der Waals surface area contributed by atoms with Crippen molar-refractivity contribution in [3.8, 4) is 28.2 Å². The molecule has 0 spiro atoms. The summed E-state index contributed by atoms with van der Waals surface area (Å²) in [6.07, 6.45) is 1.66. The van der Waals surface area contributed by atoms with E-state index in [1.54, 1.807) is 35.4 Å². The van der Waals surface area contributed by atoms with E-state index < -0.39 is 5.92 Å². The number of rotatable bonds is 4. The van der Waals surface area contributed by atoms with Gasteiger partial charge in [-0.25, -0.2) is 18.7 Å². The number of pyridine rings is 1. The fourth-order valence-corrected chi connectivity index (χ4v) is 7.31. The second kappa shape index (κ2) is 11.9. The van der Waals surface area contributed by atoms with Crippen LogP contribution >= 0.6 is 0 Å². The van der Waals surface area contributed by atoms with E-state index in [2.05, 4.69) is 45.9 Å². The zero-order valence-corrected chi connectivity index (χ0v) is 29.0. The zero-order chi connectivity index (χ0) is 33.4. The Hall–Kier alpha value is -5.91. The third-order valence-electron chi connectivity index (χ3n) is 9.54. The molecule has 0 atom stereocenters. The number of benzene rings is 6. The fraction of sp³-hybridized carbons (Fsp3) is 0.0233. The van der Waals surface area contributed by atoms with Crippen molar-refractivity contribution < 1.29 is 29.8 Å². The molecule has 0 N–H and O–H groups in total. The molecule has 6 aromatic carbocycles. The molecule has 0 saturated heterocycles. The van der Waals surface area contributed by atoms with Crippen LogP contribution in [0.2, 0.25) is 0 Å². The molecule has 3 aromatic heterocycles. The van der Waals surface area contributed by atoms with Gasteiger partial charge in [-0.05, 0) is 58.4 Å². The van der Waals surface area contributed by atoms with Gasteiger partial charge in [0.2, 0.25) is 0 Å². The number of nitrogens with zero attached hydrogens (tertiary/aromatic N) is 5.